The van der Waals surface area contributed by atoms with Crippen LogP contribution in [0.1, 0.15) is 114 Å². The monoisotopic (exact) mass is 660 g/mol. The van der Waals surface area contributed by atoms with E-state index in [-0.39, 0.29) is 0 Å². The van der Waals surface area contributed by atoms with Crippen LogP contribution in [0.3, 0.4) is 0 Å². The van der Waals surface area contributed by atoms with Gasteiger partial charge in [0.05, 0.1) is 35.8 Å². The zero-order valence-electron chi connectivity index (χ0n) is 20.7. The third-order valence-corrected chi connectivity index (χ3v) is 14.4. The van der Waals surface area contributed by atoms with Crippen molar-refractivity contribution in [3.63, 3.8) is 0 Å². The minimum atomic E-state index is 1.23. The Morgan fingerprint density at radius 3 is 1.44 bits per heavy atom. The second kappa shape index (κ2) is 13.9. The number of halogens is 2. The highest BCUT2D eigenvalue weighted by Gasteiger charge is 2.21. The van der Waals surface area contributed by atoms with E-state index < -0.39 is 0 Å². The molecule has 0 unspecified atom stereocenters. The molecule has 4 rings (SSSR count). The number of rotatable bonds is 16. The summed E-state index contributed by atoms with van der Waals surface area (Å²) in [6.07, 6.45) is 22.7. The summed E-state index contributed by atoms with van der Waals surface area (Å²) in [5.74, 6) is 0. The van der Waals surface area contributed by atoms with Gasteiger partial charge in [0.25, 0.3) is 0 Å². The summed E-state index contributed by atoms with van der Waals surface area (Å²) in [5, 5.41) is 0. The van der Waals surface area contributed by atoms with Crippen LogP contribution in [0.5, 0.6) is 0 Å². The second-order valence-corrected chi connectivity index (χ2v) is 16.5. The quantitative estimate of drug-likeness (QED) is 0.105. The van der Waals surface area contributed by atoms with Crippen LogP contribution < -0.4 is 0 Å². The first kappa shape index (κ1) is 27.6. The predicted molar refractivity (Wildman–Crippen MR) is 169 cm³/mol. The first-order chi connectivity index (χ1) is 16.6. The van der Waals surface area contributed by atoms with E-state index >= 15 is 0 Å². The number of hydrogen-bond acceptors (Lipinski definition) is 4. The molecule has 0 aliphatic carbocycles. The second-order valence-electron chi connectivity index (χ2n) is 9.73. The molecule has 0 aromatic carbocycles. The Kier molecular flexibility index (Phi) is 11.3. The molecule has 0 saturated heterocycles. The van der Waals surface area contributed by atoms with Gasteiger partial charge in [-0.05, 0) is 62.8 Å². The smallest absolute Gasteiger partial charge is 0.0751 e. The summed E-state index contributed by atoms with van der Waals surface area (Å²) in [6.45, 7) is 4.54. The highest BCUT2D eigenvalue weighted by atomic mass is 79.9. The molecule has 0 amide bonds. The Balaban J connectivity index is 1.14. The lowest BCUT2D eigenvalue weighted by atomic mass is 10.0. The zero-order chi connectivity index (χ0) is 23.9. The van der Waals surface area contributed by atoms with E-state index in [1.54, 1.807) is 10.3 Å². The van der Waals surface area contributed by atoms with Crippen molar-refractivity contribution in [3.8, 4) is 0 Å². The maximum Gasteiger partial charge on any atom is 0.0751 e. The van der Waals surface area contributed by atoms with Gasteiger partial charge in [-0.1, -0.05) is 96.8 Å². The normalized spacial score (nSPS) is 12.2. The van der Waals surface area contributed by atoms with E-state index in [1.807, 2.05) is 45.3 Å². The molecule has 188 valence electrons. The zero-order valence-corrected chi connectivity index (χ0v) is 27.1. The first-order valence-electron chi connectivity index (χ1n) is 13.3. The van der Waals surface area contributed by atoms with Crippen LogP contribution in [0.25, 0.3) is 28.2 Å². The molecular formula is C28H38Br2S4. The number of hydrogen-bond donors (Lipinski definition) is 0. The van der Waals surface area contributed by atoms with Gasteiger partial charge < -0.3 is 0 Å². The Labute approximate surface area is 238 Å². The average molecular weight is 663 g/mol. The van der Waals surface area contributed by atoms with Crippen molar-refractivity contribution < 1.29 is 0 Å². The third-order valence-electron chi connectivity index (χ3n) is 7.00. The van der Waals surface area contributed by atoms with Gasteiger partial charge in [-0.25, -0.2) is 0 Å². The van der Waals surface area contributed by atoms with E-state index in [0.29, 0.717) is 0 Å². The minimum absolute atomic E-state index is 1.23. The largest absolute Gasteiger partial charge is 0.132 e. The molecule has 0 aliphatic heterocycles. The van der Waals surface area contributed by atoms with Crippen LogP contribution in [0, 0.1) is 6.92 Å². The number of fused-ring (bicyclic) bond motifs is 5. The Morgan fingerprint density at radius 1 is 0.471 bits per heavy atom. The standard InChI is InChI=1S/C28H38Br2S4/c1-3-4-5-6-7-8-9-10-11-12-13-14-15-16-17-18-20-22-24(34-28(20)30)26-25(32-22)23-21(31-26)19(2)27(29)33-23/h3-18H2,1-2H3. The van der Waals surface area contributed by atoms with Gasteiger partial charge >= 0.3 is 0 Å². The van der Waals surface area contributed by atoms with Crippen LogP contribution in [0.15, 0.2) is 7.57 Å². The number of thiophene rings is 4. The highest BCUT2D eigenvalue weighted by Crippen LogP contribution is 2.53. The topological polar surface area (TPSA) is 0 Å². The van der Waals surface area contributed by atoms with Crippen molar-refractivity contribution in [2.75, 3.05) is 0 Å². The summed E-state index contributed by atoms with van der Waals surface area (Å²) in [6, 6.07) is 0. The molecule has 4 aromatic heterocycles. The van der Waals surface area contributed by atoms with E-state index in [9.17, 15) is 0 Å². The molecule has 0 bridgehead atoms. The van der Waals surface area contributed by atoms with Crippen molar-refractivity contribution in [1.82, 2.24) is 0 Å². The SMILES string of the molecule is CCCCCCCCCCCCCCCCCc1c(Br)sc2c1sc1c3sc(Br)c(C)c3sc21. The Morgan fingerprint density at radius 2 is 0.882 bits per heavy atom. The lowest BCUT2D eigenvalue weighted by molar-refractivity contribution is 0.532. The van der Waals surface area contributed by atoms with Crippen molar-refractivity contribution in [1.29, 1.82) is 0 Å². The van der Waals surface area contributed by atoms with E-state index in [4.69, 9.17) is 0 Å². The third kappa shape index (κ3) is 6.69. The Hall–Kier alpha value is 0.540. The van der Waals surface area contributed by atoms with Crippen LogP contribution in [-0.4, -0.2) is 0 Å². The molecule has 34 heavy (non-hydrogen) atoms. The maximum absolute atomic E-state index is 3.90. The van der Waals surface area contributed by atoms with Gasteiger partial charge in [-0.3, -0.25) is 0 Å². The van der Waals surface area contributed by atoms with E-state index in [2.05, 4.69) is 45.7 Å². The van der Waals surface area contributed by atoms with Gasteiger partial charge in [-0.15, -0.1) is 45.3 Å². The van der Waals surface area contributed by atoms with Gasteiger partial charge in [0.2, 0.25) is 0 Å². The summed E-state index contributed by atoms with van der Waals surface area (Å²) >= 11 is 15.6. The molecule has 4 heterocycles. The first-order valence-corrected chi connectivity index (χ1v) is 18.2. The summed E-state index contributed by atoms with van der Waals surface area (Å²) < 4.78 is 11.7. The maximum atomic E-state index is 3.90. The number of aryl methyl sites for hydroxylation is 2. The van der Waals surface area contributed by atoms with Gasteiger partial charge in [0.1, 0.15) is 0 Å². The lowest BCUT2D eigenvalue weighted by Gasteiger charge is -2.04. The molecule has 6 heteroatoms. The van der Waals surface area contributed by atoms with Gasteiger partial charge in [0.15, 0.2) is 0 Å². The lowest BCUT2D eigenvalue weighted by Crippen LogP contribution is -1.86. The van der Waals surface area contributed by atoms with Crippen molar-refractivity contribution in [2.45, 2.75) is 117 Å². The molecule has 0 fully saturated rings. The van der Waals surface area contributed by atoms with E-state index in [1.165, 1.54) is 139 Å². The molecule has 4 aromatic rings. The fourth-order valence-corrected chi connectivity index (χ4v) is 12.3. The molecule has 0 atom stereocenters. The summed E-state index contributed by atoms with van der Waals surface area (Å²) in [5.41, 5.74) is 2.98. The van der Waals surface area contributed by atoms with Gasteiger partial charge in [0, 0.05) is 0 Å². The molecule has 0 saturated carbocycles. The number of unbranched alkanes of at least 4 members (excludes halogenated alkanes) is 14. The van der Waals surface area contributed by atoms with Crippen molar-refractivity contribution >= 4 is 105 Å². The van der Waals surface area contributed by atoms with Crippen LogP contribution >= 0.6 is 77.2 Å². The molecular weight excluding hydrogens is 624 g/mol. The minimum Gasteiger partial charge on any atom is -0.132 e. The van der Waals surface area contributed by atoms with Crippen LogP contribution in [0.2, 0.25) is 0 Å². The fraction of sp³-hybridized carbons (Fsp3) is 0.643. The fourth-order valence-electron chi connectivity index (χ4n) is 4.91. The van der Waals surface area contributed by atoms with Crippen molar-refractivity contribution in [3.05, 3.63) is 18.7 Å². The highest BCUT2D eigenvalue weighted by molar-refractivity contribution is 9.11. The van der Waals surface area contributed by atoms with Crippen LogP contribution in [-0.2, 0) is 6.42 Å². The van der Waals surface area contributed by atoms with Crippen LogP contribution in [0.4, 0.5) is 0 Å². The molecule has 0 aliphatic rings. The molecule has 0 radical (unpaired) electrons. The summed E-state index contributed by atoms with van der Waals surface area (Å²) in [4.78, 5) is 0. The Bertz CT molecular complexity index is 1180. The predicted octanol–water partition coefficient (Wildman–Crippen LogP) is 13.6. The molecule has 0 spiro atoms. The molecule has 0 N–H and O–H groups in total. The van der Waals surface area contributed by atoms with E-state index in [0.717, 1.165) is 0 Å². The average Bonchev–Trinajstić information content (AvgIpc) is 3.51. The van der Waals surface area contributed by atoms with Crippen molar-refractivity contribution in [2.24, 2.45) is 0 Å². The van der Waals surface area contributed by atoms with Gasteiger partial charge in [-0.2, -0.15) is 0 Å². The summed E-state index contributed by atoms with van der Waals surface area (Å²) in [7, 11) is 0. The molecule has 0 nitrogen and oxygen atoms in total.